The van der Waals surface area contributed by atoms with E-state index in [-0.39, 0.29) is 25.0 Å². The molecule has 4 nitrogen and oxygen atoms in total. The fourth-order valence-corrected chi connectivity index (χ4v) is 1.36. The Morgan fingerprint density at radius 1 is 1.53 bits per heavy atom. The third-order valence-electron chi connectivity index (χ3n) is 2.27. The summed E-state index contributed by atoms with van der Waals surface area (Å²) in [5.74, 6) is 0.659. The van der Waals surface area contributed by atoms with Crippen LogP contribution in [0.25, 0.3) is 0 Å². The number of aryl methyl sites for hydroxylation is 1. The number of aliphatic hydroxyl groups is 1. The highest BCUT2D eigenvalue weighted by Crippen LogP contribution is 2.12. The van der Waals surface area contributed by atoms with Gasteiger partial charge in [0.1, 0.15) is 5.75 Å². The molecular formula is C13H19NO3. The Morgan fingerprint density at radius 3 is 2.94 bits per heavy atom. The van der Waals surface area contributed by atoms with Gasteiger partial charge in [-0.05, 0) is 31.5 Å². The number of aliphatic hydroxyl groups excluding tert-OH is 1. The zero-order chi connectivity index (χ0) is 12.7. The lowest BCUT2D eigenvalue weighted by atomic mass is 10.2. The minimum Gasteiger partial charge on any atom is -0.493 e. The van der Waals surface area contributed by atoms with Gasteiger partial charge >= 0.3 is 0 Å². The Kier molecular flexibility index (Phi) is 5.49. The van der Waals surface area contributed by atoms with Crippen LogP contribution < -0.4 is 10.1 Å². The standard InChI is InChI=1S/C13H19NO3/c1-10-4-3-5-12(8-10)17-7-6-13(16)14-11(2)9-15/h3-5,8,11,15H,6-7,9H2,1-2H3,(H,14,16). The lowest BCUT2D eigenvalue weighted by Gasteiger charge is -2.11. The third-order valence-corrected chi connectivity index (χ3v) is 2.27. The Labute approximate surface area is 102 Å². The van der Waals surface area contributed by atoms with Crippen molar-refractivity contribution in [2.45, 2.75) is 26.3 Å². The van der Waals surface area contributed by atoms with Crippen molar-refractivity contribution in [1.82, 2.24) is 5.32 Å². The molecule has 0 saturated carbocycles. The first-order valence-electron chi connectivity index (χ1n) is 5.71. The molecule has 1 amide bonds. The van der Waals surface area contributed by atoms with Gasteiger partial charge in [0.15, 0.2) is 0 Å². The molecule has 0 fully saturated rings. The second-order valence-electron chi connectivity index (χ2n) is 4.07. The maximum atomic E-state index is 11.4. The van der Waals surface area contributed by atoms with E-state index in [1.807, 2.05) is 31.2 Å². The molecule has 0 spiro atoms. The van der Waals surface area contributed by atoms with Crippen LogP contribution >= 0.6 is 0 Å². The summed E-state index contributed by atoms with van der Waals surface area (Å²) >= 11 is 0. The molecule has 1 aromatic rings. The summed E-state index contributed by atoms with van der Waals surface area (Å²) in [5.41, 5.74) is 1.13. The minimum absolute atomic E-state index is 0.0511. The van der Waals surface area contributed by atoms with E-state index >= 15 is 0 Å². The Bertz CT molecular complexity index is 365. The van der Waals surface area contributed by atoms with Gasteiger partial charge in [0.2, 0.25) is 5.91 Å². The molecule has 0 radical (unpaired) electrons. The fourth-order valence-electron chi connectivity index (χ4n) is 1.36. The van der Waals surface area contributed by atoms with Gasteiger partial charge in [0.25, 0.3) is 0 Å². The van der Waals surface area contributed by atoms with Crippen LogP contribution in [0.1, 0.15) is 18.9 Å². The molecule has 0 aromatic heterocycles. The second-order valence-corrected chi connectivity index (χ2v) is 4.07. The average molecular weight is 237 g/mol. The predicted molar refractivity (Wildman–Crippen MR) is 66.0 cm³/mol. The van der Waals surface area contributed by atoms with E-state index in [1.54, 1.807) is 6.92 Å². The van der Waals surface area contributed by atoms with E-state index in [1.165, 1.54) is 0 Å². The van der Waals surface area contributed by atoms with Crippen LogP contribution in [-0.2, 0) is 4.79 Å². The van der Waals surface area contributed by atoms with Crippen molar-refractivity contribution < 1.29 is 14.6 Å². The Morgan fingerprint density at radius 2 is 2.29 bits per heavy atom. The molecular weight excluding hydrogens is 218 g/mol. The molecule has 17 heavy (non-hydrogen) atoms. The lowest BCUT2D eigenvalue weighted by Crippen LogP contribution is -2.35. The number of carbonyl (C=O) groups is 1. The number of rotatable bonds is 6. The summed E-state index contributed by atoms with van der Waals surface area (Å²) in [6.07, 6.45) is 0.290. The molecule has 4 heteroatoms. The number of hydrogen-bond acceptors (Lipinski definition) is 3. The molecule has 1 atom stereocenters. The van der Waals surface area contributed by atoms with Crippen LogP contribution in [0.5, 0.6) is 5.75 Å². The molecule has 2 N–H and O–H groups in total. The molecule has 94 valence electrons. The van der Waals surface area contributed by atoms with Gasteiger partial charge in [-0.15, -0.1) is 0 Å². The summed E-state index contributed by atoms with van der Waals surface area (Å²) in [4.78, 5) is 11.4. The van der Waals surface area contributed by atoms with E-state index in [0.717, 1.165) is 11.3 Å². The van der Waals surface area contributed by atoms with Crippen LogP contribution in [0.3, 0.4) is 0 Å². The maximum absolute atomic E-state index is 11.4. The number of carbonyl (C=O) groups excluding carboxylic acids is 1. The van der Waals surface area contributed by atoms with Crippen LogP contribution in [0.4, 0.5) is 0 Å². The first-order chi connectivity index (χ1) is 8.11. The normalized spacial score (nSPS) is 11.9. The van der Waals surface area contributed by atoms with Crippen molar-refractivity contribution in [3.63, 3.8) is 0 Å². The number of benzene rings is 1. The Hall–Kier alpha value is -1.55. The molecule has 0 aliphatic carbocycles. The zero-order valence-electron chi connectivity index (χ0n) is 10.3. The van der Waals surface area contributed by atoms with Crippen molar-refractivity contribution in [3.8, 4) is 5.75 Å². The van der Waals surface area contributed by atoms with Crippen molar-refractivity contribution in [1.29, 1.82) is 0 Å². The smallest absolute Gasteiger partial charge is 0.223 e. The van der Waals surface area contributed by atoms with Crippen molar-refractivity contribution >= 4 is 5.91 Å². The highest BCUT2D eigenvalue weighted by molar-refractivity contribution is 5.76. The van der Waals surface area contributed by atoms with Gasteiger partial charge in [-0.3, -0.25) is 4.79 Å². The second kappa shape index (κ2) is 6.91. The first-order valence-corrected chi connectivity index (χ1v) is 5.71. The summed E-state index contributed by atoms with van der Waals surface area (Å²) in [7, 11) is 0. The molecule has 0 heterocycles. The topological polar surface area (TPSA) is 58.6 Å². The van der Waals surface area contributed by atoms with Crippen LogP contribution in [0, 0.1) is 6.92 Å². The van der Waals surface area contributed by atoms with Crippen LogP contribution in [-0.4, -0.2) is 30.3 Å². The van der Waals surface area contributed by atoms with Crippen LogP contribution in [0.15, 0.2) is 24.3 Å². The summed E-state index contributed by atoms with van der Waals surface area (Å²) < 4.78 is 5.45. The fraction of sp³-hybridized carbons (Fsp3) is 0.462. The van der Waals surface area contributed by atoms with Gasteiger partial charge in [-0.2, -0.15) is 0 Å². The largest absolute Gasteiger partial charge is 0.493 e. The monoisotopic (exact) mass is 237 g/mol. The molecule has 1 unspecified atom stereocenters. The van der Waals surface area contributed by atoms with Gasteiger partial charge in [-0.1, -0.05) is 12.1 Å². The Balaban J connectivity index is 2.26. The summed E-state index contributed by atoms with van der Waals surface area (Å²) in [6, 6.07) is 7.48. The highest BCUT2D eigenvalue weighted by atomic mass is 16.5. The van der Waals surface area contributed by atoms with E-state index in [4.69, 9.17) is 9.84 Å². The minimum atomic E-state index is -0.207. The first kappa shape index (κ1) is 13.5. The van der Waals surface area contributed by atoms with E-state index in [0.29, 0.717) is 6.61 Å². The molecule has 0 saturated heterocycles. The summed E-state index contributed by atoms with van der Waals surface area (Å²) in [6.45, 7) is 4.03. The quantitative estimate of drug-likeness (QED) is 0.783. The maximum Gasteiger partial charge on any atom is 0.223 e. The summed E-state index contributed by atoms with van der Waals surface area (Å²) in [5, 5.41) is 11.4. The molecule has 0 aliphatic heterocycles. The van der Waals surface area contributed by atoms with Crippen molar-refractivity contribution in [3.05, 3.63) is 29.8 Å². The molecule has 0 aliphatic rings. The van der Waals surface area contributed by atoms with E-state index in [2.05, 4.69) is 5.32 Å². The SMILES string of the molecule is Cc1cccc(OCCC(=O)NC(C)CO)c1. The average Bonchev–Trinajstić information content (AvgIpc) is 2.29. The predicted octanol–water partition coefficient (Wildman–Crippen LogP) is 1.26. The van der Waals surface area contributed by atoms with Crippen molar-refractivity contribution in [2.24, 2.45) is 0 Å². The molecule has 1 rings (SSSR count). The van der Waals surface area contributed by atoms with Gasteiger partial charge in [-0.25, -0.2) is 0 Å². The third kappa shape index (κ3) is 5.36. The van der Waals surface area contributed by atoms with Crippen LogP contribution in [0.2, 0.25) is 0 Å². The number of amides is 1. The number of ether oxygens (including phenoxy) is 1. The molecule has 1 aromatic carbocycles. The van der Waals surface area contributed by atoms with Gasteiger partial charge < -0.3 is 15.2 Å². The molecule has 0 bridgehead atoms. The van der Waals surface area contributed by atoms with E-state index < -0.39 is 0 Å². The number of hydrogen-bond donors (Lipinski definition) is 2. The van der Waals surface area contributed by atoms with Gasteiger partial charge in [0.05, 0.1) is 19.6 Å². The van der Waals surface area contributed by atoms with E-state index in [9.17, 15) is 4.79 Å². The highest BCUT2D eigenvalue weighted by Gasteiger charge is 2.05. The van der Waals surface area contributed by atoms with Crippen molar-refractivity contribution in [2.75, 3.05) is 13.2 Å². The lowest BCUT2D eigenvalue weighted by molar-refractivity contribution is -0.122. The van der Waals surface area contributed by atoms with Gasteiger partial charge in [0, 0.05) is 6.04 Å². The number of nitrogens with one attached hydrogen (secondary N) is 1. The zero-order valence-corrected chi connectivity index (χ0v) is 10.3.